The number of likely N-dealkylation sites (tertiary alicyclic amines) is 1. The molecule has 0 unspecified atom stereocenters. The molecule has 0 aromatic carbocycles. The molecular weight excluding hydrogens is 212 g/mol. The molecule has 17 heavy (non-hydrogen) atoms. The molecule has 1 aromatic rings. The molecule has 1 aromatic heterocycles. The fraction of sp³-hybridized carbons (Fsp3) is 0.571. The maximum Gasteiger partial charge on any atom is 0.255 e. The number of aryl methyl sites for hydroxylation is 1. The van der Waals surface area contributed by atoms with Crippen molar-refractivity contribution >= 4 is 5.91 Å². The van der Waals surface area contributed by atoms with Crippen molar-refractivity contribution in [2.45, 2.75) is 45.6 Å². The van der Waals surface area contributed by atoms with Crippen LogP contribution in [0.15, 0.2) is 18.3 Å². The molecule has 1 aliphatic rings. The molecule has 1 amide bonds. The fourth-order valence-electron chi connectivity index (χ4n) is 2.45. The van der Waals surface area contributed by atoms with Gasteiger partial charge in [0.2, 0.25) is 0 Å². The van der Waals surface area contributed by atoms with E-state index in [9.17, 15) is 4.79 Å². The van der Waals surface area contributed by atoms with Crippen LogP contribution in [0.3, 0.4) is 0 Å². The highest BCUT2D eigenvalue weighted by molar-refractivity contribution is 5.94. The van der Waals surface area contributed by atoms with Crippen molar-refractivity contribution in [3.8, 4) is 0 Å². The Hall–Kier alpha value is -1.38. The van der Waals surface area contributed by atoms with E-state index in [0.717, 1.165) is 37.1 Å². The summed E-state index contributed by atoms with van der Waals surface area (Å²) in [4.78, 5) is 18.6. The fourth-order valence-corrected chi connectivity index (χ4v) is 2.45. The largest absolute Gasteiger partial charge is 0.336 e. The first-order valence-corrected chi connectivity index (χ1v) is 6.46. The molecule has 1 fully saturated rings. The van der Waals surface area contributed by atoms with E-state index in [0.29, 0.717) is 6.04 Å². The molecular formula is C14H20N2O. The second kappa shape index (κ2) is 5.30. The van der Waals surface area contributed by atoms with Gasteiger partial charge in [-0.3, -0.25) is 9.78 Å². The summed E-state index contributed by atoms with van der Waals surface area (Å²) < 4.78 is 0. The molecule has 0 spiro atoms. The summed E-state index contributed by atoms with van der Waals surface area (Å²) in [5.41, 5.74) is 1.67. The number of nitrogens with zero attached hydrogens (tertiary/aromatic N) is 2. The number of hydrogen-bond donors (Lipinski definition) is 0. The van der Waals surface area contributed by atoms with Gasteiger partial charge in [0.1, 0.15) is 0 Å². The molecule has 2 rings (SSSR count). The number of aromatic nitrogens is 1. The number of rotatable bonds is 2. The number of pyridine rings is 1. The quantitative estimate of drug-likeness (QED) is 0.785. The maximum absolute atomic E-state index is 12.4. The third kappa shape index (κ3) is 2.65. The zero-order chi connectivity index (χ0) is 12.3. The highest BCUT2D eigenvalue weighted by atomic mass is 16.2. The minimum atomic E-state index is 0.143. The Bertz CT molecular complexity index is 386. The van der Waals surface area contributed by atoms with E-state index in [4.69, 9.17) is 0 Å². The van der Waals surface area contributed by atoms with Gasteiger partial charge < -0.3 is 4.90 Å². The van der Waals surface area contributed by atoms with Crippen LogP contribution >= 0.6 is 0 Å². The molecule has 2 heterocycles. The molecule has 0 saturated carbocycles. The molecule has 1 saturated heterocycles. The normalized spacial score (nSPS) is 20.4. The Balaban J connectivity index is 2.15. The highest BCUT2D eigenvalue weighted by Crippen LogP contribution is 2.21. The van der Waals surface area contributed by atoms with E-state index >= 15 is 0 Å². The molecule has 92 valence electrons. The second-order valence-corrected chi connectivity index (χ2v) is 4.74. The van der Waals surface area contributed by atoms with Gasteiger partial charge in [0.05, 0.1) is 5.56 Å². The van der Waals surface area contributed by atoms with Crippen LogP contribution in [0.1, 0.15) is 48.7 Å². The van der Waals surface area contributed by atoms with Crippen molar-refractivity contribution < 1.29 is 4.79 Å². The predicted octanol–water partition coefficient (Wildman–Crippen LogP) is 2.79. The van der Waals surface area contributed by atoms with E-state index in [1.54, 1.807) is 6.20 Å². The average molecular weight is 232 g/mol. The van der Waals surface area contributed by atoms with E-state index in [2.05, 4.69) is 11.9 Å². The third-order valence-electron chi connectivity index (χ3n) is 3.52. The lowest BCUT2D eigenvalue weighted by Crippen LogP contribution is -2.43. The van der Waals surface area contributed by atoms with Crippen LogP contribution in [0.4, 0.5) is 0 Å². The monoisotopic (exact) mass is 232 g/mol. The minimum Gasteiger partial charge on any atom is -0.336 e. The molecule has 0 radical (unpaired) electrons. The first-order valence-electron chi connectivity index (χ1n) is 6.46. The molecule has 0 aliphatic carbocycles. The standard InChI is InChI=1S/C14H20N2O/c1-3-13-6-4-5-9-16(13)14(17)12-8-7-11(2)15-10-12/h7-8,10,13H,3-6,9H2,1-2H3/t13-/m1/s1. The molecule has 1 aliphatic heterocycles. The third-order valence-corrected chi connectivity index (χ3v) is 3.52. The van der Waals surface area contributed by atoms with Crippen LogP contribution in [0.25, 0.3) is 0 Å². The van der Waals surface area contributed by atoms with E-state index in [-0.39, 0.29) is 5.91 Å². The van der Waals surface area contributed by atoms with Gasteiger partial charge in [-0.2, -0.15) is 0 Å². The van der Waals surface area contributed by atoms with Gasteiger partial charge in [0, 0.05) is 24.5 Å². The predicted molar refractivity (Wildman–Crippen MR) is 67.9 cm³/mol. The molecule has 3 nitrogen and oxygen atoms in total. The summed E-state index contributed by atoms with van der Waals surface area (Å²) in [5.74, 6) is 0.143. The van der Waals surface area contributed by atoms with Crippen LogP contribution in [0, 0.1) is 6.92 Å². The van der Waals surface area contributed by atoms with E-state index in [1.807, 2.05) is 24.0 Å². The maximum atomic E-state index is 12.4. The average Bonchev–Trinajstić information content (AvgIpc) is 2.39. The summed E-state index contributed by atoms with van der Waals surface area (Å²) in [7, 11) is 0. The number of hydrogen-bond acceptors (Lipinski definition) is 2. The zero-order valence-corrected chi connectivity index (χ0v) is 10.6. The van der Waals surface area contributed by atoms with Crippen LogP contribution in [-0.2, 0) is 0 Å². The Kier molecular flexibility index (Phi) is 3.77. The smallest absolute Gasteiger partial charge is 0.255 e. The molecule has 0 N–H and O–H groups in total. The van der Waals surface area contributed by atoms with Gasteiger partial charge in [0.15, 0.2) is 0 Å². The topological polar surface area (TPSA) is 33.2 Å². The SMILES string of the molecule is CC[C@@H]1CCCCN1C(=O)c1ccc(C)nc1. The van der Waals surface area contributed by atoms with Gasteiger partial charge in [-0.1, -0.05) is 6.92 Å². The van der Waals surface area contributed by atoms with Gasteiger partial charge >= 0.3 is 0 Å². The van der Waals surface area contributed by atoms with Crippen LogP contribution in [0.2, 0.25) is 0 Å². The van der Waals surface area contributed by atoms with Crippen LogP contribution < -0.4 is 0 Å². The van der Waals surface area contributed by atoms with E-state index < -0.39 is 0 Å². The summed E-state index contributed by atoms with van der Waals surface area (Å²) in [6.45, 7) is 4.98. The minimum absolute atomic E-state index is 0.143. The summed E-state index contributed by atoms with van der Waals surface area (Å²) in [6, 6.07) is 4.20. The van der Waals surface area contributed by atoms with Gasteiger partial charge in [0.25, 0.3) is 5.91 Å². The Morgan fingerprint density at radius 3 is 2.94 bits per heavy atom. The summed E-state index contributed by atoms with van der Waals surface area (Å²) >= 11 is 0. The van der Waals surface area contributed by atoms with Gasteiger partial charge in [-0.15, -0.1) is 0 Å². The zero-order valence-electron chi connectivity index (χ0n) is 10.6. The lowest BCUT2D eigenvalue weighted by atomic mass is 9.99. The number of piperidine rings is 1. The number of amides is 1. The second-order valence-electron chi connectivity index (χ2n) is 4.74. The Morgan fingerprint density at radius 2 is 2.29 bits per heavy atom. The number of carbonyl (C=O) groups excluding carboxylic acids is 1. The van der Waals surface area contributed by atoms with Crippen molar-refractivity contribution in [3.63, 3.8) is 0 Å². The Labute approximate surface area is 103 Å². The Morgan fingerprint density at radius 1 is 1.47 bits per heavy atom. The van der Waals surface area contributed by atoms with Gasteiger partial charge in [-0.05, 0) is 44.7 Å². The van der Waals surface area contributed by atoms with Crippen LogP contribution in [0.5, 0.6) is 0 Å². The lowest BCUT2D eigenvalue weighted by molar-refractivity contribution is 0.0607. The van der Waals surface area contributed by atoms with Crippen molar-refractivity contribution in [3.05, 3.63) is 29.6 Å². The summed E-state index contributed by atoms with van der Waals surface area (Å²) in [5, 5.41) is 0. The van der Waals surface area contributed by atoms with Crippen molar-refractivity contribution in [2.24, 2.45) is 0 Å². The van der Waals surface area contributed by atoms with Crippen molar-refractivity contribution in [1.29, 1.82) is 0 Å². The lowest BCUT2D eigenvalue weighted by Gasteiger charge is -2.35. The first kappa shape index (κ1) is 12.1. The van der Waals surface area contributed by atoms with Gasteiger partial charge in [-0.25, -0.2) is 0 Å². The number of carbonyl (C=O) groups is 1. The molecule has 0 bridgehead atoms. The van der Waals surface area contributed by atoms with Crippen molar-refractivity contribution in [1.82, 2.24) is 9.88 Å². The first-order chi connectivity index (χ1) is 8.22. The van der Waals surface area contributed by atoms with E-state index in [1.165, 1.54) is 6.42 Å². The highest BCUT2D eigenvalue weighted by Gasteiger charge is 2.26. The van der Waals surface area contributed by atoms with Crippen LogP contribution in [-0.4, -0.2) is 28.4 Å². The van der Waals surface area contributed by atoms with Crippen molar-refractivity contribution in [2.75, 3.05) is 6.54 Å². The summed E-state index contributed by atoms with van der Waals surface area (Å²) in [6.07, 6.45) is 6.25. The molecule has 1 atom stereocenters. The molecule has 3 heteroatoms.